The van der Waals surface area contributed by atoms with E-state index in [-0.39, 0.29) is 38.0 Å². The van der Waals surface area contributed by atoms with E-state index >= 15 is 0 Å². The van der Waals surface area contributed by atoms with Crippen LogP contribution in [0.2, 0.25) is 0 Å². The zero-order valence-electron chi connectivity index (χ0n) is 51.3. The minimum atomic E-state index is -1.79. The van der Waals surface area contributed by atoms with Crippen LogP contribution in [0.3, 0.4) is 0 Å². The molecule has 27 heteroatoms. The Morgan fingerprint density at radius 1 is 0.534 bits per heavy atom. The number of benzene rings is 2. The maximum absolute atomic E-state index is 14.4. The molecule has 16 N–H and O–H groups in total. The molecule has 1 fully saturated rings. The second-order valence-corrected chi connectivity index (χ2v) is 23.6. The Balaban J connectivity index is 1.78. The van der Waals surface area contributed by atoms with E-state index in [2.05, 4.69) is 56.4 Å². The second kappa shape index (κ2) is 38.6. The number of hydrogen-bond acceptors (Lipinski definition) is 16. The standard InChI is InChI=1S/C61H94N10O17/c1-35(2)18-10-7-15-23-40(74)30-50(76)63-46(31-51(77)78)56(82)67-45(28-39-21-13-9-14-22-39)55(81)68-48(34-73)58(84)70-52(37(5)6)60(86)71-32-41(75)29-49(71)59(85)69-47(33-72)57(83)65-43(26-36(3)4)53(79)66-44(27-38-19-11-8-12-20-38)54(80)64-42(61(87)88)24-16-17-25-62/h8-9,11-14,19-22,35-37,40-49,52,72-75H,7,10,15-18,23-34,62H2,1-6H3,(H,63,76)(H,64,80)(H,65,83)(H,66,79)(H,67,82)(H,68,81)(H,69,85)(H,70,84)(H,77,78)(H,87,88). The summed E-state index contributed by atoms with van der Waals surface area (Å²) in [6, 6.07) is 3.02. The van der Waals surface area contributed by atoms with Gasteiger partial charge >= 0.3 is 11.9 Å². The number of aliphatic carboxylic acids is 2. The van der Waals surface area contributed by atoms with Crippen molar-refractivity contribution in [2.75, 3.05) is 26.3 Å². The van der Waals surface area contributed by atoms with Crippen molar-refractivity contribution in [1.29, 1.82) is 0 Å². The molecule has 1 saturated heterocycles. The Morgan fingerprint density at radius 2 is 1.00 bits per heavy atom. The van der Waals surface area contributed by atoms with Crippen LogP contribution in [0.25, 0.3) is 0 Å². The smallest absolute Gasteiger partial charge is 0.326 e. The van der Waals surface area contributed by atoms with Crippen molar-refractivity contribution in [2.24, 2.45) is 23.5 Å². The molecule has 0 spiro atoms. The number of rotatable bonds is 40. The van der Waals surface area contributed by atoms with E-state index in [1.54, 1.807) is 74.5 Å². The molecular weight excluding hydrogens is 1140 g/mol. The van der Waals surface area contributed by atoms with E-state index in [0.717, 1.165) is 24.2 Å². The summed E-state index contributed by atoms with van der Waals surface area (Å²) in [7, 11) is 0. The number of likely N-dealkylation sites (tertiary alicyclic amines) is 1. The Morgan fingerprint density at radius 3 is 1.50 bits per heavy atom. The largest absolute Gasteiger partial charge is 0.481 e. The molecule has 2 aromatic carbocycles. The first-order chi connectivity index (χ1) is 41.7. The van der Waals surface area contributed by atoms with E-state index in [0.29, 0.717) is 49.3 Å². The number of nitrogens with zero attached hydrogens (tertiary/aromatic N) is 1. The molecule has 1 heterocycles. The van der Waals surface area contributed by atoms with Gasteiger partial charge in [-0.25, -0.2) is 4.79 Å². The average molecular weight is 1240 g/mol. The van der Waals surface area contributed by atoms with Gasteiger partial charge < -0.3 is 83.8 Å². The maximum Gasteiger partial charge on any atom is 0.326 e. The summed E-state index contributed by atoms with van der Waals surface area (Å²) in [6.45, 7) is 8.57. The van der Waals surface area contributed by atoms with Crippen LogP contribution >= 0.6 is 0 Å². The number of hydrogen-bond donors (Lipinski definition) is 15. The van der Waals surface area contributed by atoms with Crippen LogP contribution < -0.4 is 48.3 Å². The predicted molar refractivity (Wildman–Crippen MR) is 322 cm³/mol. The van der Waals surface area contributed by atoms with E-state index in [9.17, 15) is 83.4 Å². The van der Waals surface area contributed by atoms with Gasteiger partial charge in [-0.05, 0) is 67.5 Å². The minimum absolute atomic E-state index is 0.00663. The topological polar surface area (TPSA) is 435 Å². The molecule has 0 aromatic heterocycles. The van der Waals surface area contributed by atoms with Gasteiger partial charge in [-0.2, -0.15) is 0 Å². The number of carbonyl (C=O) groups excluding carboxylic acids is 9. The number of carbonyl (C=O) groups is 11. The fourth-order valence-electron chi connectivity index (χ4n) is 9.90. The fourth-order valence-corrected chi connectivity index (χ4v) is 9.90. The molecule has 1 aliphatic heterocycles. The first-order valence-corrected chi connectivity index (χ1v) is 30.2. The summed E-state index contributed by atoms with van der Waals surface area (Å²) >= 11 is 0. The number of aliphatic hydroxyl groups is 4. The van der Waals surface area contributed by atoms with Crippen molar-refractivity contribution in [1.82, 2.24) is 47.4 Å². The van der Waals surface area contributed by atoms with Crippen LogP contribution in [-0.4, -0.2) is 194 Å². The number of nitrogens with one attached hydrogen (secondary N) is 8. The summed E-state index contributed by atoms with van der Waals surface area (Å²) in [6.07, 6.45) is 0.350. The first-order valence-electron chi connectivity index (χ1n) is 30.2. The molecule has 0 saturated carbocycles. The van der Waals surface area contributed by atoms with E-state index < -0.39 is 170 Å². The highest BCUT2D eigenvalue weighted by atomic mass is 16.4. The molecule has 3 rings (SSSR count). The van der Waals surface area contributed by atoms with E-state index in [4.69, 9.17) is 5.73 Å². The lowest BCUT2D eigenvalue weighted by Gasteiger charge is -2.32. The van der Waals surface area contributed by atoms with Crippen LogP contribution in [0, 0.1) is 17.8 Å². The zero-order valence-corrected chi connectivity index (χ0v) is 51.3. The molecule has 27 nitrogen and oxygen atoms in total. The lowest BCUT2D eigenvalue weighted by molar-refractivity contribution is -0.144. The number of nitrogens with two attached hydrogens (primary N) is 1. The Labute approximate surface area is 513 Å². The number of carboxylic acids is 2. The van der Waals surface area contributed by atoms with Crippen molar-refractivity contribution in [3.63, 3.8) is 0 Å². The lowest BCUT2D eigenvalue weighted by Crippen LogP contribution is -2.62. The lowest BCUT2D eigenvalue weighted by atomic mass is 10.00. The normalized spacial score (nSPS) is 17.0. The first kappa shape index (κ1) is 74.7. The zero-order chi connectivity index (χ0) is 65.6. The van der Waals surface area contributed by atoms with Crippen molar-refractivity contribution >= 4 is 65.1 Å². The number of unbranched alkanes of at least 4 members (excludes halogenated alkanes) is 3. The van der Waals surface area contributed by atoms with Crippen LogP contribution in [-0.2, 0) is 65.6 Å². The van der Waals surface area contributed by atoms with Gasteiger partial charge in [0.2, 0.25) is 53.2 Å². The highest BCUT2D eigenvalue weighted by Gasteiger charge is 2.44. The molecule has 2 aromatic rings. The quantitative estimate of drug-likeness (QED) is 0.0358. The van der Waals surface area contributed by atoms with Gasteiger partial charge in [0.25, 0.3) is 0 Å². The molecule has 0 radical (unpaired) electrons. The third kappa shape index (κ3) is 26.4. The van der Waals surface area contributed by atoms with Gasteiger partial charge in [0, 0.05) is 25.8 Å². The summed E-state index contributed by atoms with van der Waals surface area (Å²) in [5.74, 6) is -11.9. The van der Waals surface area contributed by atoms with Crippen LogP contribution in [0.4, 0.5) is 0 Å². The van der Waals surface area contributed by atoms with E-state index in [1.807, 2.05) is 0 Å². The summed E-state index contributed by atoms with van der Waals surface area (Å²) in [5, 5.41) is 81.6. The molecule has 0 aliphatic carbocycles. The van der Waals surface area contributed by atoms with Crippen molar-refractivity contribution in [3.8, 4) is 0 Å². The second-order valence-electron chi connectivity index (χ2n) is 23.6. The monoisotopic (exact) mass is 1240 g/mol. The van der Waals surface area contributed by atoms with Gasteiger partial charge in [0.15, 0.2) is 0 Å². The number of aliphatic hydroxyl groups excluding tert-OH is 4. The molecule has 1 aliphatic rings. The van der Waals surface area contributed by atoms with Crippen LogP contribution in [0.1, 0.15) is 130 Å². The van der Waals surface area contributed by atoms with E-state index in [1.165, 1.54) is 13.8 Å². The molecule has 9 amide bonds. The molecular formula is C61H94N10O17. The van der Waals surface area contributed by atoms with Crippen LogP contribution in [0.5, 0.6) is 0 Å². The fraction of sp³-hybridized carbons (Fsp3) is 0.623. The highest BCUT2D eigenvalue weighted by molar-refractivity contribution is 5.99. The van der Waals surface area contributed by atoms with Gasteiger partial charge in [-0.3, -0.25) is 47.9 Å². The maximum atomic E-state index is 14.4. The highest BCUT2D eigenvalue weighted by Crippen LogP contribution is 2.22. The molecule has 88 heavy (non-hydrogen) atoms. The number of carboxylic acid groups (broad SMARTS) is 2. The Kier molecular flexibility index (Phi) is 32.8. The summed E-state index contributed by atoms with van der Waals surface area (Å²) in [5.41, 5.74) is 6.69. The Hall–Kier alpha value is -7.59. The minimum Gasteiger partial charge on any atom is -0.481 e. The van der Waals surface area contributed by atoms with Crippen LogP contribution in [0.15, 0.2) is 60.7 Å². The van der Waals surface area contributed by atoms with Gasteiger partial charge in [-0.15, -0.1) is 0 Å². The summed E-state index contributed by atoms with van der Waals surface area (Å²) < 4.78 is 0. The third-order valence-corrected chi connectivity index (χ3v) is 14.7. The molecule has 11 atom stereocenters. The Bertz CT molecular complexity index is 2600. The average Bonchev–Trinajstić information content (AvgIpc) is 4.03. The van der Waals surface area contributed by atoms with Crippen molar-refractivity contribution in [2.45, 2.75) is 198 Å². The summed E-state index contributed by atoms with van der Waals surface area (Å²) in [4.78, 5) is 150. The SMILES string of the molecule is CC(C)CCCCCC(O)CC(=O)NC(CC(=O)O)C(=O)NC(Cc1ccccc1)C(=O)NC(CO)C(=O)NC(C(=O)N1CC(O)CC1C(=O)NC(CO)C(=O)NC(CC(C)C)C(=O)NC(Cc1ccccc1)C(=O)NC(CCCCN)C(=O)O)C(C)C. The molecule has 0 bridgehead atoms. The van der Waals surface area contributed by atoms with Gasteiger partial charge in [-0.1, -0.05) is 128 Å². The number of β-amino-alcohol motifs (C(OH)–C–C–N with tert-alkyl or cyclic N) is 1. The van der Waals surface area contributed by atoms with Gasteiger partial charge in [0.05, 0.1) is 38.3 Å². The van der Waals surface area contributed by atoms with Crippen molar-refractivity contribution in [3.05, 3.63) is 71.8 Å². The van der Waals surface area contributed by atoms with Gasteiger partial charge in [0.1, 0.15) is 54.4 Å². The predicted octanol–water partition coefficient (Wildman–Crippen LogP) is -0.956. The number of amides is 9. The molecule has 490 valence electrons. The van der Waals surface area contributed by atoms with Crippen molar-refractivity contribution < 1.29 is 83.4 Å². The molecule has 11 unspecified atom stereocenters. The third-order valence-electron chi connectivity index (χ3n) is 14.7.